The predicted molar refractivity (Wildman–Crippen MR) is 120 cm³/mol. The van der Waals surface area contributed by atoms with Gasteiger partial charge in [-0.25, -0.2) is 0 Å². The van der Waals surface area contributed by atoms with E-state index >= 15 is 0 Å². The summed E-state index contributed by atoms with van der Waals surface area (Å²) in [5.41, 5.74) is 2.65. The van der Waals surface area contributed by atoms with Gasteiger partial charge in [-0.05, 0) is 66.1 Å². The molecule has 0 saturated heterocycles. The Morgan fingerprint density at radius 2 is 1.72 bits per heavy atom. The largest absolute Gasteiger partial charge is 0.497 e. The molecule has 0 N–H and O–H groups in total. The van der Waals surface area contributed by atoms with Gasteiger partial charge in [0.25, 0.3) is 5.91 Å². The Hall–Kier alpha value is -3.74. The number of carbonyl (C=O) groups is 1. The van der Waals surface area contributed by atoms with Gasteiger partial charge in [0.05, 0.1) is 32.9 Å². The molecule has 1 atom stereocenters. The van der Waals surface area contributed by atoms with Crippen LogP contribution in [0, 0.1) is 0 Å². The zero-order valence-corrected chi connectivity index (χ0v) is 18.4. The van der Waals surface area contributed by atoms with Crippen molar-refractivity contribution in [2.75, 3.05) is 34.5 Å². The van der Waals surface area contributed by atoms with Crippen LogP contribution in [0.1, 0.15) is 27.5 Å². The molecule has 2 aromatic carbocycles. The van der Waals surface area contributed by atoms with Crippen molar-refractivity contribution < 1.29 is 23.7 Å². The summed E-state index contributed by atoms with van der Waals surface area (Å²) in [5.74, 6) is 2.67. The smallest absolute Gasteiger partial charge is 0.256 e. The Labute approximate surface area is 187 Å². The van der Waals surface area contributed by atoms with Gasteiger partial charge in [-0.2, -0.15) is 0 Å². The molecule has 2 heterocycles. The maximum absolute atomic E-state index is 13.4. The topological polar surface area (TPSA) is 70.1 Å². The fourth-order valence-electron chi connectivity index (χ4n) is 3.95. The number of nitrogens with zero attached hydrogens (tertiary/aromatic N) is 2. The lowest BCUT2D eigenvalue weighted by atomic mass is 9.91. The summed E-state index contributed by atoms with van der Waals surface area (Å²) in [7, 11) is 4.85. The first-order valence-corrected chi connectivity index (χ1v) is 10.4. The van der Waals surface area contributed by atoms with Crippen LogP contribution in [0.3, 0.4) is 0 Å². The van der Waals surface area contributed by atoms with Crippen molar-refractivity contribution in [2.45, 2.75) is 12.5 Å². The van der Waals surface area contributed by atoms with E-state index in [0.717, 1.165) is 16.9 Å². The van der Waals surface area contributed by atoms with E-state index in [2.05, 4.69) is 4.98 Å². The van der Waals surface area contributed by atoms with E-state index in [0.29, 0.717) is 42.4 Å². The number of methoxy groups -OCH3 is 3. The summed E-state index contributed by atoms with van der Waals surface area (Å²) in [6.07, 6.45) is 3.96. The molecule has 1 amide bonds. The number of amides is 1. The molecule has 3 aromatic rings. The van der Waals surface area contributed by atoms with Gasteiger partial charge in [0, 0.05) is 18.9 Å². The van der Waals surface area contributed by atoms with Crippen LogP contribution in [0.5, 0.6) is 23.0 Å². The number of rotatable bonds is 7. The number of carbonyl (C=O) groups excluding carboxylic acids is 1. The Morgan fingerprint density at radius 3 is 2.38 bits per heavy atom. The fraction of sp³-hybridized carbons (Fsp3) is 0.280. The maximum Gasteiger partial charge on any atom is 0.256 e. The molecule has 1 aliphatic heterocycles. The van der Waals surface area contributed by atoms with E-state index in [9.17, 15) is 4.79 Å². The summed E-state index contributed by atoms with van der Waals surface area (Å²) in [5, 5.41) is 0. The molecule has 166 valence electrons. The monoisotopic (exact) mass is 434 g/mol. The van der Waals surface area contributed by atoms with Gasteiger partial charge in [-0.15, -0.1) is 0 Å². The Bertz CT molecular complexity index is 1070. The Kier molecular flexibility index (Phi) is 6.44. The van der Waals surface area contributed by atoms with Crippen LogP contribution >= 0.6 is 0 Å². The molecule has 1 aliphatic rings. The molecule has 0 spiro atoms. The van der Waals surface area contributed by atoms with Crippen molar-refractivity contribution in [3.8, 4) is 23.0 Å². The summed E-state index contributed by atoms with van der Waals surface area (Å²) in [6.45, 7) is 0.855. The molecule has 0 bridgehead atoms. The highest BCUT2D eigenvalue weighted by molar-refractivity contribution is 5.94. The van der Waals surface area contributed by atoms with Gasteiger partial charge in [0.1, 0.15) is 18.1 Å². The lowest BCUT2D eigenvalue weighted by molar-refractivity contribution is 0.0589. The molecular formula is C25H26N2O5. The summed E-state index contributed by atoms with van der Waals surface area (Å²) in [4.78, 5) is 19.3. The first-order valence-electron chi connectivity index (χ1n) is 10.4. The molecule has 7 nitrogen and oxygen atoms in total. The van der Waals surface area contributed by atoms with Crippen LogP contribution in [0.2, 0.25) is 0 Å². The maximum atomic E-state index is 13.4. The van der Waals surface area contributed by atoms with E-state index in [1.165, 1.54) is 0 Å². The van der Waals surface area contributed by atoms with Gasteiger partial charge in [0.15, 0.2) is 11.5 Å². The number of hydrogen-bond donors (Lipinski definition) is 0. The molecule has 0 aliphatic carbocycles. The summed E-state index contributed by atoms with van der Waals surface area (Å²) in [6, 6.07) is 14.6. The Balaban J connectivity index is 1.68. The third-order valence-corrected chi connectivity index (χ3v) is 5.64. The minimum Gasteiger partial charge on any atom is -0.497 e. The molecule has 32 heavy (non-hydrogen) atoms. The van der Waals surface area contributed by atoms with Crippen LogP contribution in [0.15, 0.2) is 60.9 Å². The molecule has 0 unspecified atom stereocenters. The number of hydrogen-bond acceptors (Lipinski definition) is 6. The normalized spacial score (nSPS) is 15.0. The minimum absolute atomic E-state index is 0.0816. The highest BCUT2D eigenvalue weighted by Crippen LogP contribution is 2.39. The second kappa shape index (κ2) is 9.60. The molecule has 4 rings (SSSR count). The lowest BCUT2D eigenvalue weighted by Gasteiger charge is -2.37. The van der Waals surface area contributed by atoms with Crippen molar-refractivity contribution in [2.24, 2.45) is 0 Å². The SMILES string of the molecule is COc1ccc(OC[C@H]2c3cc(OC)c(OC)cc3CCN2C(=O)c2cccnc2)cc1. The minimum atomic E-state index is -0.298. The first kappa shape index (κ1) is 21.5. The van der Waals surface area contributed by atoms with Gasteiger partial charge < -0.3 is 23.8 Å². The van der Waals surface area contributed by atoms with E-state index in [4.69, 9.17) is 18.9 Å². The standard InChI is InChI=1S/C25H26N2O5/c1-29-19-6-8-20(9-7-19)32-16-22-21-14-24(31-3)23(30-2)13-17(21)10-12-27(22)25(28)18-5-4-11-26-15-18/h4-9,11,13-15,22H,10,12,16H2,1-3H3/t22-/m0/s1. The number of benzene rings is 2. The van der Waals surface area contributed by atoms with Gasteiger partial charge in [-0.3, -0.25) is 9.78 Å². The van der Waals surface area contributed by atoms with Crippen molar-refractivity contribution in [3.05, 3.63) is 77.6 Å². The number of pyridine rings is 1. The van der Waals surface area contributed by atoms with Crippen LogP contribution < -0.4 is 18.9 Å². The predicted octanol–water partition coefficient (Wildman–Crippen LogP) is 3.93. The van der Waals surface area contributed by atoms with Crippen molar-refractivity contribution in [1.29, 1.82) is 0 Å². The second-order valence-corrected chi connectivity index (χ2v) is 7.40. The van der Waals surface area contributed by atoms with Gasteiger partial charge in [-0.1, -0.05) is 0 Å². The van der Waals surface area contributed by atoms with Crippen LogP contribution in [-0.4, -0.2) is 50.3 Å². The quantitative estimate of drug-likeness (QED) is 0.561. The zero-order chi connectivity index (χ0) is 22.5. The highest BCUT2D eigenvalue weighted by Gasteiger charge is 2.33. The summed E-state index contributed by atoms with van der Waals surface area (Å²) < 4.78 is 22.3. The van der Waals surface area contributed by atoms with Crippen molar-refractivity contribution >= 4 is 5.91 Å². The molecular weight excluding hydrogens is 408 g/mol. The highest BCUT2D eigenvalue weighted by atomic mass is 16.5. The van der Waals surface area contributed by atoms with Crippen molar-refractivity contribution in [1.82, 2.24) is 9.88 Å². The number of ether oxygens (including phenoxy) is 4. The van der Waals surface area contributed by atoms with Crippen LogP contribution in [0.4, 0.5) is 0 Å². The van der Waals surface area contributed by atoms with E-state index in [-0.39, 0.29) is 11.9 Å². The summed E-state index contributed by atoms with van der Waals surface area (Å²) >= 11 is 0. The number of aromatic nitrogens is 1. The zero-order valence-electron chi connectivity index (χ0n) is 18.4. The van der Waals surface area contributed by atoms with E-state index < -0.39 is 0 Å². The number of fused-ring (bicyclic) bond motifs is 1. The van der Waals surface area contributed by atoms with E-state index in [1.807, 2.05) is 41.3 Å². The molecule has 0 saturated carbocycles. The molecule has 1 aromatic heterocycles. The molecule has 7 heteroatoms. The first-order chi connectivity index (χ1) is 15.6. The average molecular weight is 434 g/mol. The third kappa shape index (κ3) is 4.32. The van der Waals surface area contributed by atoms with Gasteiger partial charge in [0.2, 0.25) is 0 Å². The third-order valence-electron chi connectivity index (χ3n) is 5.64. The lowest BCUT2D eigenvalue weighted by Crippen LogP contribution is -2.42. The van der Waals surface area contributed by atoms with Crippen molar-refractivity contribution in [3.63, 3.8) is 0 Å². The molecule has 0 radical (unpaired) electrons. The Morgan fingerprint density at radius 1 is 1.00 bits per heavy atom. The second-order valence-electron chi connectivity index (χ2n) is 7.40. The van der Waals surface area contributed by atoms with Crippen LogP contribution in [-0.2, 0) is 6.42 Å². The van der Waals surface area contributed by atoms with Gasteiger partial charge >= 0.3 is 0 Å². The van der Waals surface area contributed by atoms with Crippen LogP contribution in [0.25, 0.3) is 0 Å². The molecule has 0 fully saturated rings. The average Bonchev–Trinajstić information content (AvgIpc) is 2.86. The van der Waals surface area contributed by atoms with E-state index in [1.54, 1.807) is 45.9 Å². The fourth-order valence-corrected chi connectivity index (χ4v) is 3.95.